The van der Waals surface area contributed by atoms with Crippen molar-refractivity contribution in [1.82, 2.24) is 15.6 Å². The summed E-state index contributed by atoms with van der Waals surface area (Å²) in [6, 6.07) is 0.187. The van der Waals surface area contributed by atoms with E-state index in [2.05, 4.69) is 15.6 Å². The summed E-state index contributed by atoms with van der Waals surface area (Å²) in [6.07, 6.45) is 4.26. The summed E-state index contributed by atoms with van der Waals surface area (Å²) in [5.41, 5.74) is 2.12. The topological polar surface area (TPSA) is 96.7 Å². The Morgan fingerprint density at radius 2 is 2.10 bits per heavy atom. The van der Waals surface area contributed by atoms with Gasteiger partial charge in [-0.15, -0.1) is 0 Å². The summed E-state index contributed by atoms with van der Waals surface area (Å²) in [6.45, 7) is 2.70. The van der Waals surface area contributed by atoms with Gasteiger partial charge in [0.15, 0.2) is 0 Å². The number of ether oxygens (including phenoxy) is 1. The first kappa shape index (κ1) is 15.2. The Morgan fingerprint density at radius 3 is 2.80 bits per heavy atom. The van der Waals surface area contributed by atoms with Gasteiger partial charge in [-0.3, -0.25) is 19.9 Å². The summed E-state index contributed by atoms with van der Waals surface area (Å²) >= 11 is 0. The van der Waals surface area contributed by atoms with E-state index in [1.165, 1.54) is 0 Å². The van der Waals surface area contributed by atoms with E-state index in [1.54, 1.807) is 0 Å². The van der Waals surface area contributed by atoms with E-state index in [4.69, 9.17) is 10.6 Å². The predicted molar refractivity (Wildman–Crippen MR) is 73.5 cm³/mol. The zero-order valence-corrected chi connectivity index (χ0v) is 11.8. The Bertz CT molecular complexity index is 347. The second-order valence-corrected chi connectivity index (χ2v) is 5.43. The lowest BCUT2D eigenvalue weighted by atomic mass is 10.1. The second kappa shape index (κ2) is 7.56. The summed E-state index contributed by atoms with van der Waals surface area (Å²) in [5.74, 6) is 4.96. The fraction of sp³-hybridized carbons (Fsp3) is 0.846. The maximum Gasteiger partial charge on any atom is 0.239 e. The first-order valence-electron chi connectivity index (χ1n) is 7.32. The van der Waals surface area contributed by atoms with Crippen LogP contribution in [0.15, 0.2) is 0 Å². The van der Waals surface area contributed by atoms with Crippen LogP contribution in [-0.2, 0) is 14.3 Å². The SMILES string of the molecule is NNC(=O)CCCCN1CCOCC1C(=O)NC1CC1. The molecule has 0 spiro atoms. The Morgan fingerprint density at radius 1 is 1.30 bits per heavy atom. The third-order valence-corrected chi connectivity index (χ3v) is 3.73. The largest absolute Gasteiger partial charge is 0.378 e. The minimum Gasteiger partial charge on any atom is -0.378 e. The minimum atomic E-state index is -0.187. The molecule has 1 saturated carbocycles. The van der Waals surface area contributed by atoms with Crippen LogP contribution in [0.25, 0.3) is 0 Å². The Kier molecular flexibility index (Phi) is 5.75. The maximum absolute atomic E-state index is 12.1. The Labute approximate surface area is 119 Å². The number of hydrogen-bond acceptors (Lipinski definition) is 5. The van der Waals surface area contributed by atoms with Gasteiger partial charge in [0.05, 0.1) is 13.2 Å². The van der Waals surface area contributed by atoms with E-state index < -0.39 is 0 Å². The highest BCUT2D eigenvalue weighted by Gasteiger charge is 2.32. The molecule has 7 heteroatoms. The quantitative estimate of drug-likeness (QED) is 0.244. The molecule has 2 aliphatic rings. The van der Waals surface area contributed by atoms with Gasteiger partial charge < -0.3 is 10.1 Å². The highest BCUT2D eigenvalue weighted by Crippen LogP contribution is 2.19. The average Bonchev–Trinajstić information content (AvgIpc) is 3.27. The van der Waals surface area contributed by atoms with Crippen molar-refractivity contribution >= 4 is 11.8 Å². The molecule has 1 aliphatic carbocycles. The van der Waals surface area contributed by atoms with Gasteiger partial charge in [0.2, 0.25) is 11.8 Å². The molecule has 0 aromatic carbocycles. The third kappa shape index (κ3) is 4.73. The number of unbranched alkanes of at least 4 members (excludes halogenated alkanes) is 1. The zero-order valence-electron chi connectivity index (χ0n) is 11.8. The van der Waals surface area contributed by atoms with E-state index in [-0.39, 0.29) is 17.9 Å². The van der Waals surface area contributed by atoms with E-state index >= 15 is 0 Å². The van der Waals surface area contributed by atoms with Crippen LogP contribution >= 0.6 is 0 Å². The lowest BCUT2D eigenvalue weighted by molar-refractivity contribution is -0.132. The molecule has 114 valence electrons. The van der Waals surface area contributed by atoms with E-state index in [9.17, 15) is 9.59 Å². The molecule has 0 aromatic rings. The molecule has 1 heterocycles. The number of hydrogen-bond donors (Lipinski definition) is 3. The molecule has 1 atom stereocenters. The van der Waals surface area contributed by atoms with Crippen LogP contribution in [0.5, 0.6) is 0 Å². The van der Waals surface area contributed by atoms with Crippen LogP contribution in [0.2, 0.25) is 0 Å². The monoisotopic (exact) mass is 284 g/mol. The van der Waals surface area contributed by atoms with Gasteiger partial charge in [-0.05, 0) is 32.2 Å². The molecule has 0 radical (unpaired) electrons. The van der Waals surface area contributed by atoms with Gasteiger partial charge in [0, 0.05) is 19.0 Å². The van der Waals surface area contributed by atoms with Gasteiger partial charge in [-0.25, -0.2) is 5.84 Å². The van der Waals surface area contributed by atoms with E-state index in [1.807, 2.05) is 0 Å². The Hall–Kier alpha value is -1.18. The smallest absolute Gasteiger partial charge is 0.239 e. The molecule has 1 saturated heterocycles. The van der Waals surface area contributed by atoms with Crippen molar-refractivity contribution in [2.24, 2.45) is 5.84 Å². The number of carbonyl (C=O) groups is 2. The fourth-order valence-corrected chi connectivity index (χ4v) is 2.34. The number of rotatable bonds is 7. The van der Waals surface area contributed by atoms with E-state index in [0.29, 0.717) is 25.7 Å². The van der Waals surface area contributed by atoms with Crippen molar-refractivity contribution in [1.29, 1.82) is 0 Å². The molecule has 0 bridgehead atoms. The molecule has 2 rings (SSSR count). The standard InChI is InChI=1S/C13H24N4O3/c14-16-12(18)3-1-2-6-17-7-8-20-9-11(17)13(19)15-10-4-5-10/h10-11H,1-9,14H2,(H,15,19)(H,16,18). The normalized spacial score (nSPS) is 23.4. The number of nitrogens with zero attached hydrogens (tertiary/aromatic N) is 1. The summed E-state index contributed by atoms with van der Waals surface area (Å²) < 4.78 is 5.41. The molecular formula is C13H24N4O3. The third-order valence-electron chi connectivity index (χ3n) is 3.73. The Balaban J connectivity index is 1.71. The molecular weight excluding hydrogens is 260 g/mol. The first-order chi connectivity index (χ1) is 9.70. The summed E-state index contributed by atoms with van der Waals surface area (Å²) in [5, 5.41) is 3.03. The maximum atomic E-state index is 12.1. The molecule has 2 amide bonds. The van der Waals surface area contributed by atoms with Gasteiger partial charge in [-0.1, -0.05) is 0 Å². The highest BCUT2D eigenvalue weighted by atomic mass is 16.5. The summed E-state index contributed by atoms with van der Waals surface area (Å²) in [7, 11) is 0. The number of nitrogens with one attached hydrogen (secondary N) is 2. The van der Waals surface area contributed by atoms with Crippen molar-refractivity contribution in [3.05, 3.63) is 0 Å². The average molecular weight is 284 g/mol. The molecule has 2 fully saturated rings. The number of hydrazine groups is 1. The van der Waals surface area contributed by atoms with E-state index in [0.717, 1.165) is 38.8 Å². The number of carbonyl (C=O) groups excluding carboxylic acids is 2. The number of nitrogens with two attached hydrogens (primary N) is 1. The molecule has 0 aromatic heterocycles. The van der Waals surface area contributed by atoms with Crippen LogP contribution in [0, 0.1) is 0 Å². The van der Waals surface area contributed by atoms with Crippen LogP contribution < -0.4 is 16.6 Å². The van der Waals surface area contributed by atoms with Crippen molar-refractivity contribution < 1.29 is 14.3 Å². The van der Waals surface area contributed by atoms with Crippen molar-refractivity contribution in [2.45, 2.75) is 44.2 Å². The van der Waals surface area contributed by atoms with Crippen molar-refractivity contribution in [3.63, 3.8) is 0 Å². The highest BCUT2D eigenvalue weighted by molar-refractivity contribution is 5.82. The fourth-order valence-electron chi connectivity index (χ4n) is 2.34. The molecule has 20 heavy (non-hydrogen) atoms. The van der Waals surface area contributed by atoms with Crippen LogP contribution in [0.1, 0.15) is 32.1 Å². The van der Waals surface area contributed by atoms with Crippen molar-refractivity contribution in [3.8, 4) is 0 Å². The zero-order chi connectivity index (χ0) is 14.4. The number of amides is 2. The van der Waals surface area contributed by atoms with Crippen LogP contribution in [0.4, 0.5) is 0 Å². The molecule has 1 unspecified atom stereocenters. The van der Waals surface area contributed by atoms with Crippen LogP contribution in [0.3, 0.4) is 0 Å². The second-order valence-electron chi connectivity index (χ2n) is 5.43. The van der Waals surface area contributed by atoms with Gasteiger partial charge in [-0.2, -0.15) is 0 Å². The lowest BCUT2D eigenvalue weighted by Crippen LogP contribution is -2.54. The number of morpholine rings is 1. The van der Waals surface area contributed by atoms with Gasteiger partial charge in [0.25, 0.3) is 0 Å². The molecule has 7 nitrogen and oxygen atoms in total. The lowest BCUT2D eigenvalue weighted by Gasteiger charge is -2.34. The predicted octanol–water partition coefficient (Wildman–Crippen LogP) is -0.874. The van der Waals surface area contributed by atoms with Gasteiger partial charge >= 0.3 is 0 Å². The molecule has 4 N–H and O–H groups in total. The molecule has 1 aliphatic heterocycles. The minimum absolute atomic E-state index is 0.0758. The van der Waals surface area contributed by atoms with Gasteiger partial charge in [0.1, 0.15) is 6.04 Å². The first-order valence-corrected chi connectivity index (χ1v) is 7.32. The van der Waals surface area contributed by atoms with Crippen molar-refractivity contribution in [2.75, 3.05) is 26.3 Å². The van der Waals surface area contributed by atoms with Crippen LogP contribution in [-0.4, -0.2) is 55.1 Å². The summed E-state index contributed by atoms with van der Waals surface area (Å²) in [4.78, 5) is 25.3.